The van der Waals surface area contributed by atoms with E-state index in [1.54, 1.807) is 12.3 Å². The van der Waals surface area contributed by atoms with E-state index < -0.39 is 25.9 Å². The number of nitrogens with zero attached hydrogens (tertiary/aromatic N) is 2. The SMILES string of the molecule is Cc1nc(C(=O)Cc2ccc(F)c([C@]3(C)CS(=O)(=O)C(C)(C)C(N)=N3)c2)cs1. The van der Waals surface area contributed by atoms with Crippen molar-refractivity contribution in [2.75, 3.05) is 5.75 Å². The maximum atomic E-state index is 14.6. The fourth-order valence-electron chi connectivity index (χ4n) is 3.14. The largest absolute Gasteiger partial charge is 0.386 e. The number of rotatable bonds is 4. The number of carbonyl (C=O) groups excluding carboxylic acids is 1. The summed E-state index contributed by atoms with van der Waals surface area (Å²) in [4.78, 5) is 21.0. The third-order valence-electron chi connectivity index (χ3n) is 5.11. The van der Waals surface area contributed by atoms with Gasteiger partial charge in [-0.15, -0.1) is 11.3 Å². The lowest BCUT2D eigenvalue weighted by Gasteiger charge is -2.38. The summed E-state index contributed by atoms with van der Waals surface area (Å²) < 4.78 is 38.8. The molecule has 6 nitrogen and oxygen atoms in total. The van der Waals surface area contributed by atoms with Gasteiger partial charge < -0.3 is 5.73 Å². The van der Waals surface area contributed by atoms with Crippen molar-refractivity contribution in [1.82, 2.24) is 4.98 Å². The molecule has 0 saturated heterocycles. The molecule has 9 heteroatoms. The van der Waals surface area contributed by atoms with E-state index in [0.29, 0.717) is 11.3 Å². The monoisotopic (exact) mass is 423 g/mol. The summed E-state index contributed by atoms with van der Waals surface area (Å²) in [7, 11) is -3.66. The first kappa shape index (κ1) is 20.6. The average Bonchev–Trinajstić information content (AvgIpc) is 3.01. The van der Waals surface area contributed by atoms with Gasteiger partial charge in [-0.05, 0) is 45.4 Å². The molecule has 0 amide bonds. The topological polar surface area (TPSA) is 102 Å². The highest BCUT2D eigenvalue weighted by Crippen LogP contribution is 2.38. The van der Waals surface area contributed by atoms with Crippen LogP contribution in [0.4, 0.5) is 4.39 Å². The number of hydrogen-bond acceptors (Lipinski definition) is 7. The zero-order chi connectivity index (χ0) is 20.9. The normalized spacial score (nSPS) is 23.2. The number of hydrogen-bond donors (Lipinski definition) is 1. The van der Waals surface area contributed by atoms with Crippen LogP contribution in [0.5, 0.6) is 0 Å². The number of aryl methyl sites for hydroxylation is 1. The molecule has 0 bridgehead atoms. The van der Waals surface area contributed by atoms with Crippen LogP contribution < -0.4 is 5.73 Å². The number of benzene rings is 1. The molecule has 0 aliphatic carbocycles. The van der Waals surface area contributed by atoms with Gasteiger partial charge in [0.25, 0.3) is 0 Å². The summed E-state index contributed by atoms with van der Waals surface area (Å²) in [5.74, 6) is -1.20. The van der Waals surface area contributed by atoms with Crippen LogP contribution in [0.15, 0.2) is 28.6 Å². The Labute approximate surface area is 167 Å². The highest BCUT2D eigenvalue weighted by Gasteiger charge is 2.49. The number of sulfone groups is 1. The Balaban J connectivity index is 2.00. The van der Waals surface area contributed by atoms with E-state index in [4.69, 9.17) is 5.73 Å². The zero-order valence-corrected chi connectivity index (χ0v) is 17.7. The van der Waals surface area contributed by atoms with E-state index in [1.807, 2.05) is 6.92 Å². The third kappa shape index (κ3) is 3.48. The molecule has 0 fully saturated rings. The van der Waals surface area contributed by atoms with Gasteiger partial charge in [0.05, 0.1) is 10.8 Å². The first-order chi connectivity index (χ1) is 12.9. The Kier molecular flexibility index (Phi) is 4.95. The van der Waals surface area contributed by atoms with Crippen molar-refractivity contribution in [3.8, 4) is 0 Å². The number of halogens is 1. The van der Waals surface area contributed by atoms with Crippen molar-refractivity contribution in [2.24, 2.45) is 10.7 Å². The lowest BCUT2D eigenvalue weighted by Crippen LogP contribution is -2.55. The maximum absolute atomic E-state index is 14.6. The summed E-state index contributed by atoms with van der Waals surface area (Å²) in [5.41, 5.74) is 5.60. The molecule has 2 N–H and O–H groups in total. The zero-order valence-electron chi connectivity index (χ0n) is 16.1. The van der Waals surface area contributed by atoms with Crippen LogP contribution in [0.3, 0.4) is 0 Å². The second kappa shape index (κ2) is 6.73. The van der Waals surface area contributed by atoms with Crippen molar-refractivity contribution in [3.63, 3.8) is 0 Å². The summed E-state index contributed by atoms with van der Waals surface area (Å²) in [6, 6.07) is 4.23. The Morgan fingerprint density at radius 3 is 2.57 bits per heavy atom. The predicted octanol–water partition coefficient (Wildman–Crippen LogP) is 2.80. The number of carbonyl (C=O) groups is 1. The van der Waals surface area contributed by atoms with Crippen molar-refractivity contribution >= 4 is 32.8 Å². The van der Waals surface area contributed by atoms with Gasteiger partial charge in [-0.25, -0.2) is 17.8 Å². The van der Waals surface area contributed by atoms with Gasteiger partial charge >= 0.3 is 0 Å². The van der Waals surface area contributed by atoms with Gasteiger partial charge in [-0.2, -0.15) is 0 Å². The predicted molar refractivity (Wildman–Crippen MR) is 108 cm³/mol. The Morgan fingerprint density at radius 2 is 2.00 bits per heavy atom. The molecule has 150 valence electrons. The summed E-state index contributed by atoms with van der Waals surface area (Å²) in [6.45, 7) is 6.33. The highest BCUT2D eigenvalue weighted by atomic mass is 32.2. The van der Waals surface area contributed by atoms with Gasteiger partial charge in [-0.3, -0.25) is 9.79 Å². The number of aliphatic imine (C=N–C) groups is 1. The Morgan fingerprint density at radius 1 is 1.32 bits per heavy atom. The molecule has 0 radical (unpaired) electrons. The number of ketones is 1. The third-order valence-corrected chi connectivity index (χ3v) is 8.59. The average molecular weight is 424 g/mol. The summed E-state index contributed by atoms with van der Waals surface area (Å²) in [6.07, 6.45) is 0.0317. The second-order valence-corrected chi connectivity index (χ2v) is 11.3. The van der Waals surface area contributed by atoms with E-state index in [1.165, 1.54) is 43.4 Å². The molecule has 0 spiro atoms. The maximum Gasteiger partial charge on any atom is 0.186 e. The van der Waals surface area contributed by atoms with Crippen LogP contribution in [-0.4, -0.2) is 35.5 Å². The van der Waals surface area contributed by atoms with Crippen LogP contribution in [0.25, 0.3) is 0 Å². The van der Waals surface area contributed by atoms with Crippen LogP contribution in [0, 0.1) is 12.7 Å². The molecule has 1 aliphatic heterocycles. The standard InChI is InChI=1S/C19H22FN3O3S2/c1-11-22-15(9-27-11)16(24)8-12-5-6-14(20)13(7-12)19(4)10-28(25,26)18(2,3)17(21)23-19/h5-7,9H,8,10H2,1-4H3,(H2,21,23)/t19-/m0/s1. The molecule has 0 saturated carbocycles. The first-order valence-electron chi connectivity index (χ1n) is 8.68. The fourth-order valence-corrected chi connectivity index (χ4v) is 5.45. The number of Topliss-reactive ketones (excluding diaryl/α,β-unsaturated/α-hetero) is 1. The Hall–Kier alpha value is -2.13. The highest BCUT2D eigenvalue weighted by molar-refractivity contribution is 7.93. The molecule has 2 heterocycles. The molecular formula is C19H22FN3O3S2. The lowest BCUT2D eigenvalue weighted by atomic mass is 9.90. The van der Waals surface area contributed by atoms with E-state index in [-0.39, 0.29) is 29.4 Å². The van der Waals surface area contributed by atoms with Gasteiger partial charge in [0.1, 0.15) is 27.6 Å². The molecular weight excluding hydrogens is 401 g/mol. The lowest BCUT2D eigenvalue weighted by molar-refractivity contribution is 0.0988. The number of aromatic nitrogens is 1. The van der Waals surface area contributed by atoms with Gasteiger partial charge in [0.2, 0.25) is 0 Å². The summed E-state index contributed by atoms with van der Waals surface area (Å²) in [5, 5.41) is 2.47. The van der Waals surface area contributed by atoms with Crippen molar-refractivity contribution < 1.29 is 17.6 Å². The minimum Gasteiger partial charge on any atom is -0.386 e. The minimum absolute atomic E-state index is 0.0317. The quantitative estimate of drug-likeness (QED) is 0.762. The van der Waals surface area contributed by atoms with Gasteiger partial charge in [0, 0.05) is 17.4 Å². The van der Waals surface area contributed by atoms with Gasteiger partial charge in [0.15, 0.2) is 15.6 Å². The summed E-state index contributed by atoms with van der Waals surface area (Å²) >= 11 is 1.38. The second-order valence-electron chi connectivity index (χ2n) is 7.71. The molecule has 1 atom stereocenters. The molecule has 1 aromatic heterocycles. The van der Waals surface area contributed by atoms with Crippen LogP contribution >= 0.6 is 11.3 Å². The molecule has 2 aromatic rings. The smallest absolute Gasteiger partial charge is 0.186 e. The molecule has 1 aromatic carbocycles. The molecule has 28 heavy (non-hydrogen) atoms. The number of amidine groups is 1. The van der Waals surface area contributed by atoms with Crippen molar-refractivity contribution in [1.29, 1.82) is 0 Å². The first-order valence-corrected chi connectivity index (χ1v) is 11.2. The molecule has 1 aliphatic rings. The molecule has 0 unspecified atom stereocenters. The van der Waals surface area contributed by atoms with E-state index in [0.717, 1.165) is 5.01 Å². The Bertz CT molecular complexity index is 1090. The number of thiazole rings is 1. The van der Waals surface area contributed by atoms with Crippen molar-refractivity contribution in [2.45, 2.75) is 44.4 Å². The van der Waals surface area contributed by atoms with Crippen LogP contribution in [-0.2, 0) is 21.8 Å². The number of nitrogens with two attached hydrogens (primary N) is 1. The van der Waals surface area contributed by atoms with Gasteiger partial charge in [-0.1, -0.05) is 6.07 Å². The fraction of sp³-hybridized carbons (Fsp3) is 0.421. The molecule has 3 rings (SSSR count). The van der Waals surface area contributed by atoms with E-state index in [9.17, 15) is 17.6 Å². The van der Waals surface area contributed by atoms with Crippen LogP contribution in [0.2, 0.25) is 0 Å². The van der Waals surface area contributed by atoms with E-state index in [2.05, 4.69) is 9.98 Å². The van der Waals surface area contributed by atoms with Crippen molar-refractivity contribution in [3.05, 3.63) is 51.2 Å². The minimum atomic E-state index is -3.66. The van der Waals surface area contributed by atoms with E-state index >= 15 is 0 Å². The van der Waals surface area contributed by atoms with Crippen LogP contribution in [0.1, 0.15) is 47.4 Å².